The molecule has 1 atom stereocenters. The van der Waals surface area contributed by atoms with Crippen molar-refractivity contribution in [2.45, 2.75) is 38.4 Å². The molecule has 0 aliphatic carbocycles. The van der Waals surface area contributed by atoms with Gasteiger partial charge in [-0.3, -0.25) is 4.79 Å². The molecular formula is C21H20F5N7O. The first kappa shape index (κ1) is 22.4. The number of aromatic nitrogens is 5. The van der Waals surface area contributed by atoms with Crippen LogP contribution in [0.25, 0.3) is 11.2 Å². The van der Waals surface area contributed by atoms with E-state index in [0.29, 0.717) is 43.1 Å². The zero-order chi connectivity index (χ0) is 24.1. The maximum atomic E-state index is 12.9. The number of hydrogen-bond acceptors (Lipinski definition) is 6. The number of carbonyl (C=O) groups excluding carboxylic acids is 1. The largest absolute Gasteiger partial charge is 0.433 e. The Hall–Kier alpha value is -3.38. The third-order valence-electron chi connectivity index (χ3n) is 6.45. The topological polar surface area (TPSA) is 80.0 Å². The number of carbonyl (C=O) groups is 1. The van der Waals surface area contributed by atoms with E-state index in [1.54, 1.807) is 6.20 Å². The molecule has 3 aromatic rings. The Kier molecular flexibility index (Phi) is 5.36. The number of anilines is 2. The Morgan fingerprint density at radius 3 is 2.53 bits per heavy atom. The molecule has 0 saturated carbocycles. The van der Waals surface area contributed by atoms with Gasteiger partial charge in [-0.15, -0.1) is 0 Å². The smallest absolute Gasteiger partial charge is 0.355 e. The summed E-state index contributed by atoms with van der Waals surface area (Å²) >= 11 is 0. The molecule has 0 bridgehead atoms. The highest BCUT2D eigenvalue weighted by Gasteiger charge is 2.45. The van der Waals surface area contributed by atoms with Crippen LogP contribution in [0, 0.1) is 5.41 Å². The van der Waals surface area contributed by atoms with Gasteiger partial charge in [0, 0.05) is 31.5 Å². The summed E-state index contributed by atoms with van der Waals surface area (Å²) in [5, 5.41) is 3.93. The highest BCUT2D eigenvalue weighted by atomic mass is 19.4. The number of halogens is 5. The van der Waals surface area contributed by atoms with Crippen molar-refractivity contribution >= 4 is 28.6 Å². The second-order valence-corrected chi connectivity index (χ2v) is 8.70. The highest BCUT2D eigenvalue weighted by molar-refractivity contribution is 5.94. The van der Waals surface area contributed by atoms with Crippen molar-refractivity contribution in [2.24, 2.45) is 5.41 Å². The minimum Gasteiger partial charge on any atom is -0.355 e. The predicted octanol–water partition coefficient (Wildman–Crippen LogP) is 3.53. The van der Waals surface area contributed by atoms with Crippen molar-refractivity contribution in [3.8, 4) is 0 Å². The lowest BCUT2D eigenvalue weighted by Gasteiger charge is -2.38. The Bertz CT molecular complexity index is 1210. The monoisotopic (exact) mass is 481 g/mol. The number of rotatable bonds is 4. The molecule has 2 saturated heterocycles. The van der Waals surface area contributed by atoms with Gasteiger partial charge in [-0.05, 0) is 25.0 Å². The summed E-state index contributed by atoms with van der Waals surface area (Å²) in [4.78, 5) is 28.6. The van der Waals surface area contributed by atoms with Crippen LogP contribution >= 0.6 is 0 Å². The first-order valence-electron chi connectivity index (χ1n) is 10.7. The highest BCUT2D eigenvalue weighted by Crippen LogP contribution is 2.43. The lowest BCUT2D eigenvalue weighted by molar-refractivity contribution is -0.141. The Morgan fingerprint density at radius 2 is 1.85 bits per heavy atom. The number of piperidine rings is 1. The van der Waals surface area contributed by atoms with Gasteiger partial charge in [-0.1, -0.05) is 0 Å². The maximum Gasteiger partial charge on any atom is 0.433 e. The van der Waals surface area contributed by atoms with E-state index in [1.165, 1.54) is 17.2 Å². The fourth-order valence-electron chi connectivity index (χ4n) is 4.70. The molecule has 2 fully saturated rings. The summed E-state index contributed by atoms with van der Waals surface area (Å²) in [5.74, 6) is 0.355. The Labute approximate surface area is 190 Å². The average Bonchev–Trinajstić information content (AvgIpc) is 3.37. The van der Waals surface area contributed by atoms with E-state index in [9.17, 15) is 26.7 Å². The molecule has 5 heterocycles. The molecule has 0 N–H and O–H groups in total. The number of pyridine rings is 1. The molecule has 2 aliphatic rings. The van der Waals surface area contributed by atoms with Crippen LogP contribution in [-0.2, 0) is 17.5 Å². The normalized spacial score (nSPS) is 21.4. The minimum absolute atomic E-state index is 0.175. The summed E-state index contributed by atoms with van der Waals surface area (Å²) in [5.41, 5.74) is -0.262. The van der Waals surface area contributed by atoms with Gasteiger partial charge in [0.15, 0.2) is 5.65 Å². The van der Waals surface area contributed by atoms with Crippen LogP contribution in [0.5, 0.6) is 0 Å². The lowest BCUT2D eigenvalue weighted by Crippen LogP contribution is -2.45. The van der Waals surface area contributed by atoms with E-state index < -0.39 is 24.8 Å². The van der Waals surface area contributed by atoms with Gasteiger partial charge < -0.3 is 9.80 Å². The average molecular weight is 481 g/mol. The summed E-state index contributed by atoms with van der Waals surface area (Å²) in [6, 6.07) is 2.14. The molecule has 5 rings (SSSR count). The molecule has 2 aliphatic heterocycles. The van der Waals surface area contributed by atoms with Gasteiger partial charge in [0.05, 0.1) is 24.3 Å². The van der Waals surface area contributed by atoms with Crippen molar-refractivity contribution in [1.29, 1.82) is 0 Å². The zero-order valence-corrected chi connectivity index (χ0v) is 17.8. The van der Waals surface area contributed by atoms with Crippen LogP contribution in [-0.4, -0.2) is 56.7 Å². The summed E-state index contributed by atoms with van der Waals surface area (Å²) < 4.78 is 65.1. The van der Waals surface area contributed by atoms with Crippen molar-refractivity contribution in [3.05, 3.63) is 36.4 Å². The van der Waals surface area contributed by atoms with E-state index in [0.717, 1.165) is 23.4 Å². The first-order chi connectivity index (χ1) is 16.1. The molecule has 180 valence electrons. The zero-order valence-electron chi connectivity index (χ0n) is 17.8. The fourth-order valence-corrected chi connectivity index (χ4v) is 4.70. The maximum absolute atomic E-state index is 12.9. The Balaban J connectivity index is 1.29. The molecule has 1 unspecified atom stereocenters. The fraction of sp³-hybridized carbons (Fsp3) is 0.476. The second-order valence-electron chi connectivity index (χ2n) is 8.70. The number of nitrogens with zero attached hydrogens (tertiary/aromatic N) is 7. The van der Waals surface area contributed by atoms with Gasteiger partial charge >= 0.3 is 6.18 Å². The molecule has 3 aromatic heterocycles. The molecule has 34 heavy (non-hydrogen) atoms. The number of fused-ring (bicyclic) bond motifs is 1. The van der Waals surface area contributed by atoms with Crippen LogP contribution in [0.2, 0.25) is 0 Å². The number of hydrogen-bond donors (Lipinski definition) is 0. The third-order valence-corrected chi connectivity index (χ3v) is 6.45. The van der Waals surface area contributed by atoms with Gasteiger partial charge in [0.1, 0.15) is 23.6 Å². The predicted molar refractivity (Wildman–Crippen MR) is 111 cm³/mol. The number of amides is 1. The first-order valence-corrected chi connectivity index (χ1v) is 10.7. The summed E-state index contributed by atoms with van der Waals surface area (Å²) in [6.45, 7) is 0.958. The van der Waals surface area contributed by atoms with Crippen molar-refractivity contribution in [1.82, 2.24) is 24.7 Å². The second kappa shape index (κ2) is 8.13. The minimum atomic E-state index is -4.54. The van der Waals surface area contributed by atoms with Crippen molar-refractivity contribution in [3.63, 3.8) is 0 Å². The SMILES string of the molecule is O=C1CC2(CCN(c3cnc4cnn(CC(F)F)c4n3)C2)CCN1c1ccc(C(F)(F)F)nc1. The van der Waals surface area contributed by atoms with Gasteiger partial charge in [0.25, 0.3) is 6.43 Å². The molecular weight excluding hydrogens is 461 g/mol. The molecule has 8 nitrogen and oxygen atoms in total. The van der Waals surface area contributed by atoms with Crippen LogP contribution in [0.4, 0.5) is 33.5 Å². The van der Waals surface area contributed by atoms with Crippen molar-refractivity contribution < 1.29 is 26.7 Å². The van der Waals surface area contributed by atoms with Crippen LogP contribution < -0.4 is 9.80 Å². The molecule has 13 heteroatoms. The molecule has 1 amide bonds. The Morgan fingerprint density at radius 1 is 1.06 bits per heavy atom. The summed E-state index contributed by atoms with van der Waals surface area (Å²) in [7, 11) is 0. The molecule has 0 aromatic carbocycles. The van der Waals surface area contributed by atoms with E-state index in [2.05, 4.69) is 20.1 Å². The molecule has 1 spiro atoms. The van der Waals surface area contributed by atoms with Gasteiger partial charge in [-0.25, -0.2) is 28.4 Å². The third kappa shape index (κ3) is 4.14. The summed E-state index contributed by atoms with van der Waals surface area (Å²) in [6.07, 6.45) is -1.44. The quantitative estimate of drug-likeness (QED) is 0.531. The van der Waals surface area contributed by atoms with Crippen molar-refractivity contribution in [2.75, 3.05) is 29.4 Å². The van der Waals surface area contributed by atoms with Gasteiger partial charge in [-0.2, -0.15) is 18.3 Å². The van der Waals surface area contributed by atoms with Crippen LogP contribution in [0.3, 0.4) is 0 Å². The van der Waals surface area contributed by atoms with E-state index >= 15 is 0 Å². The van der Waals surface area contributed by atoms with E-state index in [4.69, 9.17) is 0 Å². The molecule has 0 radical (unpaired) electrons. The lowest BCUT2D eigenvalue weighted by atomic mass is 9.77. The van der Waals surface area contributed by atoms with Crippen LogP contribution in [0.1, 0.15) is 25.0 Å². The number of alkyl halides is 5. The van der Waals surface area contributed by atoms with E-state index in [-0.39, 0.29) is 23.4 Å². The van der Waals surface area contributed by atoms with Gasteiger partial charge in [0.2, 0.25) is 5.91 Å². The standard InChI is InChI=1S/C21H20F5N7O/c22-16(23)11-33-19-14(9-29-33)27-10-17(30-19)31-5-3-20(12-31)4-6-32(18(34)7-20)13-1-2-15(28-8-13)21(24,25)26/h1-2,8-10,16H,3-7,11-12H2. The van der Waals surface area contributed by atoms with Crippen LogP contribution in [0.15, 0.2) is 30.7 Å². The van der Waals surface area contributed by atoms with E-state index in [1.807, 2.05) is 4.90 Å².